The molecule has 0 spiro atoms. The first-order valence-electron chi connectivity index (χ1n) is 8.51. The van der Waals surface area contributed by atoms with E-state index in [4.69, 9.17) is 0 Å². The summed E-state index contributed by atoms with van der Waals surface area (Å²) in [5, 5.41) is 3.32. The maximum Gasteiger partial charge on any atom is 0.225 e. The average Bonchev–Trinajstić information content (AvgIpc) is 2.59. The van der Waals surface area contributed by atoms with Gasteiger partial charge in [0.15, 0.2) is 0 Å². The first-order chi connectivity index (χ1) is 11.7. The van der Waals surface area contributed by atoms with Crippen LogP contribution in [0.4, 0.5) is 11.9 Å². The third-order valence-corrected chi connectivity index (χ3v) is 4.12. The number of hydrogen-bond acceptors (Lipinski definition) is 7. The lowest BCUT2D eigenvalue weighted by atomic mass is 10.3. The molecule has 0 amide bonds. The van der Waals surface area contributed by atoms with Gasteiger partial charge in [-0.2, -0.15) is 0 Å². The standard InChI is InChI=1S/C17H25N7/c1-14-13-15(2)22-16(21-14)18-7-4-8-23-9-11-24(12-10-23)17-19-5-3-6-20-17/h3,5-6,13H,4,7-12H2,1-2H3,(H,18,21,22). The van der Waals surface area contributed by atoms with E-state index in [0.717, 1.165) is 69.0 Å². The summed E-state index contributed by atoms with van der Waals surface area (Å²) in [6, 6.07) is 3.84. The molecule has 1 saturated heterocycles. The van der Waals surface area contributed by atoms with E-state index >= 15 is 0 Å². The van der Waals surface area contributed by atoms with E-state index < -0.39 is 0 Å². The summed E-state index contributed by atoms with van der Waals surface area (Å²) in [6.45, 7) is 10.0. The van der Waals surface area contributed by atoms with Crippen LogP contribution in [-0.4, -0.2) is 64.1 Å². The van der Waals surface area contributed by atoms with E-state index in [0.29, 0.717) is 0 Å². The minimum Gasteiger partial charge on any atom is -0.354 e. The van der Waals surface area contributed by atoms with Crippen LogP contribution in [0.2, 0.25) is 0 Å². The van der Waals surface area contributed by atoms with Crippen molar-refractivity contribution < 1.29 is 0 Å². The number of nitrogens with zero attached hydrogens (tertiary/aromatic N) is 6. The van der Waals surface area contributed by atoms with Crippen molar-refractivity contribution in [3.63, 3.8) is 0 Å². The summed E-state index contributed by atoms with van der Waals surface area (Å²) in [7, 11) is 0. The van der Waals surface area contributed by atoms with Gasteiger partial charge in [-0.3, -0.25) is 4.90 Å². The molecule has 0 bridgehead atoms. The fourth-order valence-electron chi connectivity index (χ4n) is 2.93. The molecule has 1 N–H and O–H groups in total. The molecule has 0 aliphatic carbocycles. The molecule has 3 rings (SSSR count). The molecule has 3 heterocycles. The number of nitrogens with one attached hydrogen (secondary N) is 1. The van der Waals surface area contributed by atoms with Crippen molar-refractivity contribution in [3.8, 4) is 0 Å². The number of anilines is 2. The minimum absolute atomic E-state index is 0.735. The molecule has 0 saturated carbocycles. The zero-order valence-electron chi connectivity index (χ0n) is 14.4. The second-order valence-electron chi connectivity index (χ2n) is 6.13. The minimum atomic E-state index is 0.735. The van der Waals surface area contributed by atoms with E-state index in [1.54, 1.807) is 12.4 Å². The first-order valence-corrected chi connectivity index (χ1v) is 8.51. The molecule has 0 unspecified atom stereocenters. The van der Waals surface area contributed by atoms with E-state index in [-0.39, 0.29) is 0 Å². The van der Waals surface area contributed by atoms with Crippen LogP contribution in [0.3, 0.4) is 0 Å². The van der Waals surface area contributed by atoms with Gasteiger partial charge in [-0.25, -0.2) is 19.9 Å². The van der Waals surface area contributed by atoms with Crippen molar-refractivity contribution >= 4 is 11.9 Å². The molecule has 7 nitrogen and oxygen atoms in total. The Bertz CT molecular complexity index is 618. The molecule has 2 aromatic heterocycles. The van der Waals surface area contributed by atoms with E-state index in [1.165, 1.54) is 0 Å². The van der Waals surface area contributed by atoms with Crippen LogP contribution in [0.5, 0.6) is 0 Å². The van der Waals surface area contributed by atoms with E-state index in [2.05, 4.69) is 35.1 Å². The van der Waals surface area contributed by atoms with Gasteiger partial charge in [0.25, 0.3) is 0 Å². The van der Waals surface area contributed by atoms with Gasteiger partial charge in [-0.15, -0.1) is 0 Å². The predicted octanol–water partition coefficient (Wildman–Crippen LogP) is 1.51. The van der Waals surface area contributed by atoms with Gasteiger partial charge in [0.2, 0.25) is 11.9 Å². The lowest BCUT2D eigenvalue weighted by Gasteiger charge is -2.34. The summed E-state index contributed by atoms with van der Waals surface area (Å²) in [5.41, 5.74) is 2.01. The van der Waals surface area contributed by atoms with Gasteiger partial charge < -0.3 is 10.2 Å². The summed E-state index contributed by atoms with van der Waals surface area (Å²) in [6.07, 6.45) is 4.68. The summed E-state index contributed by atoms with van der Waals surface area (Å²) in [4.78, 5) is 22.2. The Morgan fingerprint density at radius 3 is 2.33 bits per heavy atom. The lowest BCUT2D eigenvalue weighted by molar-refractivity contribution is 0.256. The molecule has 2 aromatic rings. The summed E-state index contributed by atoms with van der Waals surface area (Å²) in [5.74, 6) is 1.57. The highest BCUT2D eigenvalue weighted by molar-refractivity contribution is 5.29. The Kier molecular flexibility index (Phi) is 5.53. The molecule has 1 aliphatic rings. The van der Waals surface area contributed by atoms with Gasteiger partial charge in [0, 0.05) is 56.5 Å². The van der Waals surface area contributed by atoms with Crippen LogP contribution >= 0.6 is 0 Å². The average molecular weight is 327 g/mol. The van der Waals surface area contributed by atoms with Crippen molar-refractivity contribution in [2.75, 3.05) is 49.5 Å². The van der Waals surface area contributed by atoms with Gasteiger partial charge in [0.05, 0.1) is 0 Å². The molecule has 0 radical (unpaired) electrons. The third kappa shape index (κ3) is 4.61. The van der Waals surface area contributed by atoms with Crippen LogP contribution in [0, 0.1) is 13.8 Å². The Morgan fingerprint density at radius 1 is 1.00 bits per heavy atom. The van der Waals surface area contributed by atoms with Crippen molar-refractivity contribution in [3.05, 3.63) is 35.9 Å². The molecular formula is C17H25N7. The number of piperazine rings is 1. The Hall–Kier alpha value is -2.28. The fourth-order valence-corrected chi connectivity index (χ4v) is 2.93. The van der Waals surface area contributed by atoms with Crippen molar-refractivity contribution in [2.24, 2.45) is 0 Å². The first kappa shape index (κ1) is 16.6. The fraction of sp³-hybridized carbons (Fsp3) is 0.529. The van der Waals surface area contributed by atoms with Gasteiger partial charge in [-0.05, 0) is 38.9 Å². The molecule has 0 atom stereocenters. The second-order valence-corrected chi connectivity index (χ2v) is 6.13. The zero-order valence-corrected chi connectivity index (χ0v) is 14.4. The molecule has 128 valence electrons. The Labute approximate surface area is 143 Å². The molecule has 7 heteroatoms. The van der Waals surface area contributed by atoms with Crippen LogP contribution < -0.4 is 10.2 Å². The van der Waals surface area contributed by atoms with Crippen LogP contribution in [-0.2, 0) is 0 Å². The van der Waals surface area contributed by atoms with Gasteiger partial charge in [0.1, 0.15) is 0 Å². The smallest absolute Gasteiger partial charge is 0.225 e. The maximum atomic E-state index is 4.41. The van der Waals surface area contributed by atoms with Crippen LogP contribution in [0.25, 0.3) is 0 Å². The van der Waals surface area contributed by atoms with Crippen molar-refractivity contribution in [1.29, 1.82) is 0 Å². The van der Waals surface area contributed by atoms with Crippen molar-refractivity contribution in [2.45, 2.75) is 20.3 Å². The summed E-state index contributed by atoms with van der Waals surface area (Å²) < 4.78 is 0. The normalized spacial score (nSPS) is 15.5. The molecular weight excluding hydrogens is 302 g/mol. The van der Waals surface area contributed by atoms with Crippen LogP contribution in [0.1, 0.15) is 17.8 Å². The monoisotopic (exact) mass is 327 g/mol. The molecule has 1 aliphatic heterocycles. The van der Waals surface area contributed by atoms with Crippen molar-refractivity contribution in [1.82, 2.24) is 24.8 Å². The topological polar surface area (TPSA) is 70.1 Å². The molecule has 0 aromatic carbocycles. The second kappa shape index (κ2) is 8.01. The highest BCUT2D eigenvalue weighted by Gasteiger charge is 2.18. The highest BCUT2D eigenvalue weighted by Crippen LogP contribution is 2.10. The maximum absolute atomic E-state index is 4.41. The number of aryl methyl sites for hydroxylation is 2. The van der Waals surface area contributed by atoms with E-state index in [1.807, 2.05) is 26.0 Å². The molecule has 24 heavy (non-hydrogen) atoms. The Morgan fingerprint density at radius 2 is 1.67 bits per heavy atom. The van der Waals surface area contributed by atoms with Gasteiger partial charge >= 0.3 is 0 Å². The van der Waals surface area contributed by atoms with Crippen LogP contribution in [0.15, 0.2) is 24.5 Å². The Balaban J connectivity index is 1.36. The lowest BCUT2D eigenvalue weighted by Crippen LogP contribution is -2.47. The summed E-state index contributed by atoms with van der Waals surface area (Å²) >= 11 is 0. The molecule has 1 fully saturated rings. The number of aromatic nitrogens is 4. The third-order valence-electron chi connectivity index (χ3n) is 4.12. The predicted molar refractivity (Wildman–Crippen MR) is 95.3 cm³/mol. The largest absolute Gasteiger partial charge is 0.354 e. The number of rotatable bonds is 6. The highest BCUT2D eigenvalue weighted by atomic mass is 15.3. The SMILES string of the molecule is Cc1cc(C)nc(NCCCN2CCN(c3ncccn3)CC2)n1. The zero-order chi connectivity index (χ0) is 16.8. The van der Waals surface area contributed by atoms with Gasteiger partial charge in [-0.1, -0.05) is 0 Å². The number of hydrogen-bond donors (Lipinski definition) is 1. The quantitative estimate of drug-likeness (QED) is 0.806. The van der Waals surface area contributed by atoms with E-state index in [9.17, 15) is 0 Å².